The normalized spacial score (nSPS) is 26.8. The van der Waals surface area contributed by atoms with Crippen LogP contribution in [0.4, 0.5) is 0 Å². The van der Waals surface area contributed by atoms with E-state index in [2.05, 4.69) is 11.9 Å². The maximum absolute atomic E-state index is 12.6. The molecule has 3 rings (SSSR count). The lowest BCUT2D eigenvalue weighted by Crippen LogP contribution is -2.62. The van der Waals surface area contributed by atoms with E-state index in [9.17, 15) is 9.90 Å². The maximum Gasteiger partial charge on any atom is 0.260 e. The first-order valence-electron chi connectivity index (χ1n) is 8.94. The molecule has 1 aromatic rings. The molecule has 2 aliphatic heterocycles. The Labute approximate surface area is 149 Å². The van der Waals surface area contributed by atoms with Crippen molar-refractivity contribution in [3.8, 4) is 11.5 Å². The second kappa shape index (κ2) is 7.62. The standard InChI is InChI=1S/C19H28N2O4/c1-20-9-4-7-19(14-22)8-10-21(12-17(19)20)18(23)13-25-16-6-3-5-15(11-16)24-2/h3,5-6,11,17,22H,4,7-10,12-14H2,1-2H3/t17-,19-/m1/s1. The van der Waals surface area contributed by atoms with Gasteiger partial charge in [0.25, 0.3) is 5.91 Å². The number of hydrogen-bond acceptors (Lipinski definition) is 5. The number of carbonyl (C=O) groups is 1. The van der Waals surface area contributed by atoms with E-state index in [0.717, 1.165) is 25.8 Å². The minimum absolute atomic E-state index is 0.00617. The number of aliphatic hydroxyl groups is 1. The summed E-state index contributed by atoms with van der Waals surface area (Å²) in [7, 11) is 3.70. The van der Waals surface area contributed by atoms with Crippen LogP contribution in [-0.2, 0) is 4.79 Å². The highest BCUT2D eigenvalue weighted by atomic mass is 16.5. The second-order valence-electron chi connectivity index (χ2n) is 7.18. The summed E-state index contributed by atoms with van der Waals surface area (Å²) in [6, 6.07) is 7.49. The first-order chi connectivity index (χ1) is 12.1. The van der Waals surface area contributed by atoms with Crippen molar-refractivity contribution in [1.82, 2.24) is 9.80 Å². The van der Waals surface area contributed by atoms with Gasteiger partial charge in [0.15, 0.2) is 6.61 Å². The number of piperidine rings is 2. The number of benzene rings is 1. The number of rotatable bonds is 5. The van der Waals surface area contributed by atoms with Gasteiger partial charge in [-0.15, -0.1) is 0 Å². The van der Waals surface area contributed by atoms with E-state index in [1.807, 2.05) is 23.1 Å². The first-order valence-corrected chi connectivity index (χ1v) is 8.94. The number of likely N-dealkylation sites (N-methyl/N-ethyl adjacent to an activating group) is 1. The molecule has 1 N–H and O–H groups in total. The van der Waals surface area contributed by atoms with Crippen LogP contribution in [0.5, 0.6) is 11.5 Å². The van der Waals surface area contributed by atoms with E-state index >= 15 is 0 Å². The van der Waals surface area contributed by atoms with Crippen molar-refractivity contribution in [1.29, 1.82) is 0 Å². The maximum atomic E-state index is 12.6. The third-order valence-corrected chi connectivity index (χ3v) is 5.77. The number of fused-ring (bicyclic) bond motifs is 1. The van der Waals surface area contributed by atoms with Crippen LogP contribution in [0.25, 0.3) is 0 Å². The topological polar surface area (TPSA) is 62.2 Å². The highest BCUT2D eigenvalue weighted by Crippen LogP contribution is 2.41. The Kier molecular flexibility index (Phi) is 5.49. The predicted molar refractivity (Wildman–Crippen MR) is 94.9 cm³/mol. The van der Waals surface area contributed by atoms with Crippen molar-refractivity contribution in [3.05, 3.63) is 24.3 Å². The Bertz CT molecular complexity index is 609. The smallest absolute Gasteiger partial charge is 0.260 e. The van der Waals surface area contributed by atoms with Gasteiger partial charge in [0, 0.05) is 30.6 Å². The van der Waals surface area contributed by atoms with Gasteiger partial charge in [-0.05, 0) is 45.0 Å². The Hall–Kier alpha value is -1.79. The molecule has 0 aliphatic carbocycles. The third kappa shape index (κ3) is 3.75. The quantitative estimate of drug-likeness (QED) is 0.871. The van der Waals surface area contributed by atoms with Crippen LogP contribution in [-0.4, -0.2) is 73.9 Å². The first kappa shape index (κ1) is 18.0. The number of aliphatic hydroxyl groups excluding tert-OH is 1. The largest absolute Gasteiger partial charge is 0.497 e. The van der Waals surface area contributed by atoms with Gasteiger partial charge in [-0.1, -0.05) is 6.07 Å². The molecule has 6 nitrogen and oxygen atoms in total. The van der Waals surface area contributed by atoms with Crippen LogP contribution in [0, 0.1) is 5.41 Å². The third-order valence-electron chi connectivity index (χ3n) is 5.77. The van der Waals surface area contributed by atoms with Crippen molar-refractivity contribution >= 4 is 5.91 Å². The Morgan fingerprint density at radius 1 is 1.32 bits per heavy atom. The van der Waals surface area contributed by atoms with Crippen molar-refractivity contribution in [2.75, 3.05) is 47.0 Å². The molecule has 2 aliphatic rings. The van der Waals surface area contributed by atoms with Gasteiger partial charge in [-0.2, -0.15) is 0 Å². The van der Waals surface area contributed by atoms with E-state index < -0.39 is 0 Å². The molecule has 0 bridgehead atoms. The summed E-state index contributed by atoms with van der Waals surface area (Å²) in [6.07, 6.45) is 3.00. The van der Waals surface area contributed by atoms with Crippen LogP contribution >= 0.6 is 0 Å². The molecular weight excluding hydrogens is 320 g/mol. The van der Waals surface area contributed by atoms with Crippen LogP contribution in [0.1, 0.15) is 19.3 Å². The van der Waals surface area contributed by atoms with E-state index in [4.69, 9.17) is 9.47 Å². The minimum atomic E-state index is -0.0581. The predicted octanol–water partition coefficient (Wildman–Crippen LogP) is 1.38. The number of carbonyl (C=O) groups excluding carboxylic acids is 1. The fraction of sp³-hybridized carbons (Fsp3) is 0.632. The fourth-order valence-corrected chi connectivity index (χ4v) is 4.17. The molecule has 6 heteroatoms. The number of methoxy groups -OCH3 is 1. The van der Waals surface area contributed by atoms with Gasteiger partial charge in [0.2, 0.25) is 0 Å². The number of hydrogen-bond donors (Lipinski definition) is 1. The van der Waals surface area contributed by atoms with Crippen molar-refractivity contribution < 1.29 is 19.4 Å². The molecule has 1 aromatic carbocycles. The van der Waals surface area contributed by atoms with Gasteiger partial charge in [-0.25, -0.2) is 0 Å². The molecule has 0 spiro atoms. The molecule has 0 saturated carbocycles. The molecule has 0 radical (unpaired) electrons. The fourth-order valence-electron chi connectivity index (χ4n) is 4.17. The van der Waals surface area contributed by atoms with Gasteiger partial charge in [0.05, 0.1) is 13.7 Å². The summed E-state index contributed by atoms with van der Waals surface area (Å²) < 4.78 is 10.8. The average molecular weight is 348 g/mol. The second-order valence-corrected chi connectivity index (χ2v) is 7.18. The van der Waals surface area contributed by atoms with Crippen LogP contribution in [0.3, 0.4) is 0 Å². The molecule has 0 aromatic heterocycles. The zero-order valence-electron chi connectivity index (χ0n) is 15.1. The van der Waals surface area contributed by atoms with Gasteiger partial charge < -0.3 is 24.4 Å². The van der Waals surface area contributed by atoms with E-state index in [0.29, 0.717) is 24.6 Å². The number of likely N-dealkylation sites (tertiary alicyclic amines) is 2. The molecular formula is C19H28N2O4. The summed E-state index contributed by atoms with van der Waals surface area (Å²) in [5, 5.41) is 9.95. The van der Waals surface area contributed by atoms with Crippen molar-refractivity contribution in [2.24, 2.45) is 5.41 Å². The average Bonchev–Trinajstić information content (AvgIpc) is 2.66. The van der Waals surface area contributed by atoms with Crippen molar-refractivity contribution in [3.63, 3.8) is 0 Å². The highest BCUT2D eigenvalue weighted by molar-refractivity contribution is 5.78. The van der Waals surface area contributed by atoms with Crippen LogP contribution in [0.2, 0.25) is 0 Å². The molecule has 2 saturated heterocycles. The van der Waals surface area contributed by atoms with Crippen LogP contribution < -0.4 is 9.47 Å². The van der Waals surface area contributed by atoms with Gasteiger partial charge >= 0.3 is 0 Å². The molecule has 2 heterocycles. The molecule has 138 valence electrons. The SMILES string of the molecule is COc1cccc(OCC(=O)N2CC[C@@]3(CO)CCCN(C)[C@@H]3C2)c1. The minimum Gasteiger partial charge on any atom is -0.497 e. The Balaban J connectivity index is 1.59. The lowest BCUT2D eigenvalue weighted by atomic mass is 9.69. The molecule has 1 amide bonds. The Morgan fingerprint density at radius 3 is 2.88 bits per heavy atom. The summed E-state index contributed by atoms with van der Waals surface area (Å²) >= 11 is 0. The summed E-state index contributed by atoms with van der Waals surface area (Å²) in [5.74, 6) is 1.33. The highest BCUT2D eigenvalue weighted by Gasteiger charge is 2.47. The lowest BCUT2D eigenvalue weighted by molar-refractivity contribution is -0.141. The Morgan fingerprint density at radius 2 is 2.12 bits per heavy atom. The molecule has 25 heavy (non-hydrogen) atoms. The zero-order chi connectivity index (χ0) is 17.9. The van der Waals surface area contributed by atoms with Crippen LogP contribution in [0.15, 0.2) is 24.3 Å². The van der Waals surface area contributed by atoms with Crippen molar-refractivity contribution in [2.45, 2.75) is 25.3 Å². The monoisotopic (exact) mass is 348 g/mol. The van der Waals surface area contributed by atoms with Gasteiger partial charge in [0.1, 0.15) is 11.5 Å². The van der Waals surface area contributed by atoms with E-state index in [1.54, 1.807) is 13.2 Å². The molecule has 0 unspecified atom stereocenters. The zero-order valence-corrected chi connectivity index (χ0v) is 15.1. The van der Waals surface area contributed by atoms with Gasteiger partial charge in [-0.3, -0.25) is 4.79 Å². The summed E-state index contributed by atoms with van der Waals surface area (Å²) in [6.45, 7) is 2.59. The van der Waals surface area contributed by atoms with E-state index in [-0.39, 0.29) is 30.6 Å². The summed E-state index contributed by atoms with van der Waals surface area (Å²) in [5.41, 5.74) is -0.0581. The molecule has 2 atom stereocenters. The summed E-state index contributed by atoms with van der Waals surface area (Å²) in [4.78, 5) is 16.8. The number of nitrogens with zero attached hydrogens (tertiary/aromatic N) is 2. The number of amides is 1. The lowest BCUT2D eigenvalue weighted by Gasteiger charge is -2.53. The van der Waals surface area contributed by atoms with E-state index in [1.165, 1.54) is 0 Å². The number of ether oxygens (including phenoxy) is 2. The molecule has 2 fully saturated rings.